The van der Waals surface area contributed by atoms with Crippen LogP contribution in [0.2, 0.25) is 5.02 Å². The molecule has 0 saturated carbocycles. The van der Waals surface area contributed by atoms with Crippen LogP contribution in [0.4, 0.5) is 34.5 Å². The van der Waals surface area contributed by atoms with E-state index in [0.717, 1.165) is 45.0 Å². The van der Waals surface area contributed by atoms with Gasteiger partial charge < -0.3 is 30.5 Å². The van der Waals surface area contributed by atoms with Crippen molar-refractivity contribution in [3.63, 3.8) is 0 Å². The molecule has 12 heteroatoms. The number of anilines is 6. The molecule has 224 valence electrons. The molecule has 0 bridgehead atoms. The molecule has 0 radical (unpaired) electrons. The molecule has 11 nitrogen and oxygen atoms in total. The van der Waals surface area contributed by atoms with Gasteiger partial charge in [-0.05, 0) is 57.3 Å². The molecule has 2 saturated heterocycles. The largest absolute Gasteiger partial charge is 0.494 e. The van der Waals surface area contributed by atoms with Gasteiger partial charge in [0.05, 0.1) is 41.6 Å². The summed E-state index contributed by atoms with van der Waals surface area (Å²) in [5.74, 6) is 0.834. The number of ether oxygens (including phenoxy) is 1. The molecule has 3 N–H and O–H groups in total. The minimum Gasteiger partial charge on any atom is -0.494 e. The first-order valence-electron chi connectivity index (χ1n) is 14.3. The number of likely N-dealkylation sites (tertiary alicyclic amines) is 1. The highest BCUT2D eigenvalue weighted by atomic mass is 35.5. The number of nitrogens with one attached hydrogen (secondary N) is 3. The quantitative estimate of drug-likeness (QED) is 0.294. The standard InChI is InChI=1S/C31H36ClN9O2/c1-4-29(42)35-25-17-26(37-31-34-20-23(32)30(38-31)36-24-8-6-5-7-21(24)19-33)28(43-3)18-27(25)41-15-13-40(14-16-41)22-9-11-39(2)12-10-22/h4-8,17-18,20,22H,1,9-16H2,2-3H3,(H,35,42)(H2,34,36,37,38). The number of methoxy groups -OCH3 is 1. The maximum atomic E-state index is 12.5. The van der Waals surface area contributed by atoms with Gasteiger partial charge in [-0.3, -0.25) is 9.69 Å². The molecule has 0 spiro atoms. The molecule has 3 heterocycles. The Hall–Kier alpha value is -4.37. The lowest BCUT2D eigenvalue weighted by Crippen LogP contribution is -2.53. The second kappa shape index (κ2) is 13.7. The molecule has 2 aliphatic heterocycles. The van der Waals surface area contributed by atoms with Crippen LogP contribution in [0.25, 0.3) is 0 Å². The van der Waals surface area contributed by atoms with E-state index >= 15 is 0 Å². The van der Waals surface area contributed by atoms with Crippen molar-refractivity contribution in [3.05, 3.63) is 65.8 Å². The zero-order chi connectivity index (χ0) is 30.3. The topological polar surface area (TPSA) is 122 Å². The van der Waals surface area contributed by atoms with Gasteiger partial charge in [-0.25, -0.2) is 4.98 Å². The summed E-state index contributed by atoms with van der Waals surface area (Å²) in [7, 11) is 3.78. The Morgan fingerprint density at radius 2 is 1.84 bits per heavy atom. The third kappa shape index (κ3) is 7.17. The van der Waals surface area contributed by atoms with Crippen LogP contribution in [-0.2, 0) is 4.79 Å². The van der Waals surface area contributed by atoms with E-state index in [4.69, 9.17) is 16.3 Å². The molecule has 1 aromatic heterocycles. The summed E-state index contributed by atoms with van der Waals surface area (Å²) in [5.41, 5.74) is 3.08. The van der Waals surface area contributed by atoms with E-state index in [2.05, 4.69) is 60.3 Å². The number of halogens is 1. The van der Waals surface area contributed by atoms with Crippen molar-refractivity contribution >= 4 is 52.0 Å². The molecule has 1 amide bonds. The average Bonchev–Trinajstić information content (AvgIpc) is 3.03. The number of para-hydroxylation sites is 1. The van der Waals surface area contributed by atoms with E-state index in [1.807, 2.05) is 18.2 Å². The Balaban J connectivity index is 1.38. The predicted molar refractivity (Wildman–Crippen MR) is 171 cm³/mol. The lowest BCUT2D eigenvalue weighted by atomic mass is 10.0. The van der Waals surface area contributed by atoms with E-state index in [-0.39, 0.29) is 11.9 Å². The zero-order valence-corrected chi connectivity index (χ0v) is 25.2. The normalized spacial score (nSPS) is 16.3. The van der Waals surface area contributed by atoms with Crippen LogP contribution in [0.15, 0.2) is 55.3 Å². The van der Waals surface area contributed by atoms with Crippen LogP contribution < -0.4 is 25.6 Å². The summed E-state index contributed by atoms with van der Waals surface area (Å²) >= 11 is 6.38. The molecule has 0 atom stereocenters. The number of carbonyl (C=O) groups is 1. The number of carbonyl (C=O) groups excluding carboxylic acids is 1. The summed E-state index contributed by atoms with van der Waals surface area (Å²) in [4.78, 5) is 28.6. The van der Waals surface area contributed by atoms with Gasteiger partial charge in [0.15, 0.2) is 5.82 Å². The number of rotatable bonds is 9. The molecular weight excluding hydrogens is 566 g/mol. The highest BCUT2D eigenvalue weighted by Crippen LogP contribution is 2.39. The van der Waals surface area contributed by atoms with Gasteiger partial charge in [-0.1, -0.05) is 30.3 Å². The van der Waals surface area contributed by atoms with E-state index in [0.29, 0.717) is 45.3 Å². The van der Waals surface area contributed by atoms with E-state index in [1.54, 1.807) is 25.3 Å². The van der Waals surface area contributed by atoms with Crippen molar-refractivity contribution in [2.24, 2.45) is 0 Å². The lowest BCUT2D eigenvalue weighted by molar-refractivity contribution is -0.111. The second-order valence-electron chi connectivity index (χ2n) is 10.6. The lowest BCUT2D eigenvalue weighted by Gasteiger charge is -2.43. The molecule has 2 aliphatic rings. The van der Waals surface area contributed by atoms with Gasteiger partial charge >= 0.3 is 0 Å². The van der Waals surface area contributed by atoms with Crippen molar-refractivity contribution in [3.8, 4) is 11.8 Å². The van der Waals surface area contributed by atoms with Crippen LogP contribution in [0.3, 0.4) is 0 Å². The smallest absolute Gasteiger partial charge is 0.247 e. The second-order valence-corrected chi connectivity index (χ2v) is 11.0. The van der Waals surface area contributed by atoms with Crippen molar-refractivity contribution < 1.29 is 9.53 Å². The third-order valence-electron chi connectivity index (χ3n) is 7.91. The Bertz CT molecular complexity index is 1510. The number of nitrogens with zero attached hydrogens (tertiary/aromatic N) is 6. The molecule has 2 fully saturated rings. The van der Waals surface area contributed by atoms with Crippen molar-refractivity contribution in [1.82, 2.24) is 19.8 Å². The Morgan fingerprint density at radius 1 is 1.09 bits per heavy atom. The number of nitriles is 1. The first-order chi connectivity index (χ1) is 20.9. The van der Waals surface area contributed by atoms with E-state index < -0.39 is 0 Å². The fourth-order valence-corrected chi connectivity index (χ4v) is 5.66. The SMILES string of the molecule is C=CC(=O)Nc1cc(Nc2ncc(Cl)c(Nc3ccccc3C#N)n2)c(OC)cc1N1CCN(C2CCN(C)CC2)CC1. The number of hydrogen-bond acceptors (Lipinski definition) is 10. The molecular formula is C31H36ClN9O2. The van der Waals surface area contributed by atoms with Gasteiger partial charge in [0.2, 0.25) is 11.9 Å². The summed E-state index contributed by atoms with van der Waals surface area (Å²) < 4.78 is 5.77. The molecule has 0 unspecified atom stereocenters. The van der Waals surface area contributed by atoms with Crippen LogP contribution in [0.1, 0.15) is 18.4 Å². The minimum atomic E-state index is -0.312. The Labute approximate surface area is 257 Å². The maximum absolute atomic E-state index is 12.5. The summed E-state index contributed by atoms with van der Waals surface area (Å²) in [6.07, 6.45) is 5.11. The van der Waals surface area contributed by atoms with E-state index in [1.165, 1.54) is 25.1 Å². The fraction of sp³-hybridized carbons (Fsp3) is 0.355. The Morgan fingerprint density at radius 3 is 2.53 bits per heavy atom. The number of aromatic nitrogens is 2. The number of benzene rings is 2. The highest BCUT2D eigenvalue weighted by molar-refractivity contribution is 6.33. The number of amides is 1. The van der Waals surface area contributed by atoms with Crippen molar-refractivity contribution in [2.75, 3.05) is 74.3 Å². The minimum absolute atomic E-state index is 0.250. The number of hydrogen-bond donors (Lipinski definition) is 3. The first-order valence-corrected chi connectivity index (χ1v) is 14.6. The van der Waals surface area contributed by atoms with Crippen molar-refractivity contribution in [2.45, 2.75) is 18.9 Å². The van der Waals surface area contributed by atoms with Crippen molar-refractivity contribution in [1.29, 1.82) is 5.26 Å². The molecule has 3 aromatic rings. The van der Waals surface area contributed by atoms with Crippen LogP contribution in [0, 0.1) is 11.3 Å². The number of piperazine rings is 1. The summed E-state index contributed by atoms with van der Waals surface area (Å²) in [5, 5.41) is 19.0. The summed E-state index contributed by atoms with van der Waals surface area (Å²) in [6, 6.07) is 13.6. The monoisotopic (exact) mass is 601 g/mol. The zero-order valence-electron chi connectivity index (χ0n) is 24.4. The Kier molecular flexibility index (Phi) is 9.61. The summed E-state index contributed by atoms with van der Waals surface area (Å²) in [6.45, 7) is 9.46. The predicted octanol–water partition coefficient (Wildman–Crippen LogP) is 4.84. The van der Waals surface area contributed by atoms with Gasteiger partial charge in [-0.2, -0.15) is 10.2 Å². The molecule has 5 rings (SSSR count). The maximum Gasteiger partial charge on any atom is 0.247 e. The van der Waals surface area contributed by atoms with Crippen LogP contribution in [-0.4, -0.2) is 85.1 Å². The molecule has 43 heavy (non-hydrogen) atoms. The van der Waals surface area contributed by atoms with Crippen LogP contribution in [0.5, 0.6) is 5.75 Å². The highest BCUT2D eigenvalue weighted by Gasteiger charge is 2.28. The van der Waals surface area contributed by atoms with Crippen LogP contribution >= 0.6 is 11.6 Å². The van der Waals surface area contributed by atoms with E-state index in [9.17, 15) is 10.1 Å². The first kappa shape index (κ1) is 30.1. The van der Waals surface area contributed by atoms with Gasteiger partial charge in [0.1, 0.15) is 16.8 Å². The third-order valence-corrected chi connectivity index (χ3v) is 8.19. The van der Waals surface area contributed by atoms with Gasteiger partial charge in [-0.15, -0.1) is 0 Å². The van der Waals surface area contributed by atoms with Gasteiger partial charge in [0, 0.05) is 38.3 Å². The molecule has 0 aliphatic carbocycles. The van der Waals surface area contributed by atoms with Gasteiger partial charge in [0.25, 0.3) is 0 Å². The number of piperidine rings is 1. The molecule has 2 aromatic carbocycles. The average molecular weight is 602 g/mol. The fourth-order valence-electron chi connectivity index (χ4n) is 5.52.